The first kappa shape index (κ1) is 13.6. The van der Waals surface area contributed by atoms with Crippen molar-refractivity contribution in [3.63, 3.8) is 0 Å². The van der Waals surface area contributed by atoms with Crippen molar-refractivity contribution in [3.05, 3.63) is 36.3 Å². The molecule has 2 aromatic heterocycles. The molecule has 0 aliphatic heterocycles. The largest absolute Gasteiger partial charge is 0.308 e. The number of hydrogen-bond acceptors (Lipinski definition) is 2. The van der Waals surface area contributed by atoms with Crippen LogP contribution in [0.2, 0.25) is 0 Å². The van der Waals surface area contributed by atoms with Crippen LogP contribution in [0.4, 0.5) is 0 Å². The van der Waals surface area contributed by atoms with Gasteiger partial charge in [-0.05, 0) is 36.8 Å². The first-order valence-corrected chi connectivity index (χ1v) is 7.90. The molecule has 0 spiro atoms. The normalized spacial score (nSPS) is 23.6. The van der Waals surface area contributed by atoms with E-state index in [-0.39, 0.29) is 0 Å². The molecule has 1 fully saturated rings. The maximum Gasteiger partial charge on any atom is 0.137 e. The zero-order chi connectivity index (χ0) is 13.9. The lowest BCUT2D eigenvalue weighted by molar-refractivity contribution is 0.204. The monoisotopic (exact) mass is 271 g/mol. The molecule has 0 aromatic carbocycles. The molecule has 1 aliphatic rings. The Morgan fingerprint density at radius 3 is 2.95 bits per heavy atom. The number of fused-ring (bicyclic) bond motifs is 1. The Balaban J connectivity index is 1.65. The fourth-order valence-electron chi connectivity index (χ4n) is 3.52. The number of aromatic nitrogens is 2. The molecule has 2 atom stereocenters. The van der Waals surface area contributed by atoms with Crippen molar-refractivity contribution in [2.75, 3.05) is 0 Å². The Morgan fingerprint density at radius 2 is 2.15 bits per heavy atom. The van der Waals surface area contributed by atoms with E-state index < -0.39 is 0 Å². The van der Waals surface area contributed by atoms with Gasteiger partial charge in [-0.2, -0.15) is 0 Å². The van der Waals surface area contributed by atoms with Crippen LogP contribution in [0.15, 0.2) is 30.6 Å². The number of hydrogen-bond donors (Lipinski definition) is 1. The van der Waals surface area contributed by atoms with Crippen LogP contribution in [-0.4, -0.2) is 15.4 Å². The lowest BCUT2D eigenvalue weighted by Crippen LogP contribution is -2.40. The van der Waals surface area contributed by atoms with E-state index in [9.17, 15) is 0 Å². The first-order valence-electron chi connectivity index (χ1n) is 7.90. The summed E-state index contributed by atoms with van der Waals surface area (Å²) in [6.07, 6.45) is 9.65. The van der Waals surface area contributed by atoms with Gasteiger partial charge in [-0.15, -0.1) is 0 Å². The average molecular weight is 271 g/mol. The summed E-state index contributed by atoms with van der Waals surface area (Å²) in [6, 6.07) is 6.80. The second kappa shape index (κ2) is 5.96. The van der Waals surface area contributed by atoms with Crippen molar-refractivity contribution < 1.29 is 0 Å². The van der Waals surface area contributed by atoms with Crippen molar-refractivity contribution in [2.24, 2.45) is 11.8 Å². The second-order valence-corrected chi connectivity index (χ2v) is 6.38. The molecular formula is C17H25N3. The Labute approximate surface area is 121 Å². The molecule has 0 radical (unpaired) electrons. The summed E-state index contributed by atoms with van der Waals surface area (Å²) in [5, 5.41) is 3.75. The van der Waals surface area contributed by atoms with E-state index in [1.807, 2.05) is 12.1 Å². The van der Waals surface area contributed by atoms with Crippen molar-refractivity contribution in [3.8, 4) is 0 Å². The average Bonchev–Trinajstić information content (AvgIpc) is 2.88. The van der Waals surface area contributed by atoms with Gasteiger partial charge in [0.25, 0.3) is 0 Å². The maximum atomic E-state index is 4.67. The van der Waals surface area contributed by atoms with Crippen LogP contribution in [0.25, 0.3) is 5.65 Å². The minimum Gasteiger partial charge on any atom is -0.308 e. The summed E-state index contributed by atoms with van der Waals surface area (Å²) in [6.45, 7) is 5.60. The van der Waals surface area contributed by atoms with Gasteiger partial charge in [-0.1, -0.05) is 32.8 Å². The summed E-state index contributed by atoms with van der Waals surface area (Å²) in [5.41, 5.74) is 2.18. The molecule has 0 amide bonds. The fraction of sp³-hybridized carbons (Fsp3) is 0.588. The quantitative estimate of drug-likeness (QED) is 0.920. The van der Waals surface area contributed by atoms with E-state index in [1.165, 1.54) is 25.7 Å². The zero-order valence-corrected chi connectivity index (χ0v) is 12.5. The number of nitrogens with zero attached hydrogens (tertiary/aromatic N) is 2. The first-order chi connectivity index (χ1) is 9.74. The van der Waals surface area contributed by atoms with Crippen molar-refractivity contribution in [2.45, 2.75) is 52.1 Å². The number of nitrogens with one attached hydrogen (secondary N) is 1. The molecule has 1 N–H and O–H groups in total. The fourth-order valence-corrected chi connectivity index (χ4v) is 3.52. The maximum absolute atomic E-state index is 4.67. The molecule has 20 heavy (non-hydrogen) atoms. The van der Waals surface area contributed by atoms with Gasteiger partial charge in [0.1, 0.15) is 5.65 Å². The highest BCUT2D eigenvalue weighted by molar-refractivity contribution is 5.39. The molecule has 3 rings (SSSR count). The SMILES string of the molecule is CC(C)C1CCCCC1NCc1cn2ccccc2n1. The Kier molecular flexibility index (Phi) is 4.06. The molecule has 3 nitrogen and oxygen atoms in total. The van der Waals surface area contributed by atoms with E-state index in [2.05, 4.69) is 47.0 Å². The highest BCUT2D eigenvalue weighted by Crippen LogP contribution is 2.30. The summed E-state index contributed by atoms with van der Waals surface area (Å²) in [4.78, 5) is 4.67. The lowest BCUT2D eigenvalue weighted by atomic mass is 9.78. The highest BCUT2D eigenvalue weighted by atomic mass is 15.0. The summed E-state index contributed by atoms with van der Waals surface area (Å²) >= 11 is 0. The van der Waals surface area contributed by atoms with Crippen LogP contribution in [-0.2, 0) is 6.54 Å². The Hall–Kier alpha value is -1.35. The van der Waals surface area contributed by atoms with E-state index >= 15 is 0 Å². The van der Waals surface area contributed by atoms with Gasteiger partial charge in [-0.3, -0.25) is 0 Å². The minimum atomic E-state index is 0.661. The molecule has 2 heterocycles. The summed E-state index contributed by atoms with van der Waals surface area (Å²) in [5.74, 6) is 1.59. The Bertz CT molecular complexity index is 525. The van der Waals surface area contributed by atoms with Gasteiger partial charge >= 0.3 is 0 Å². The molecule has 108 valence electrons. The summed E-state index contributed by atoms with van der Waals surface area (Å²) in [7, 11) is 0. The topological polar surface area (TPSA) is 29.3 Å². The Morgan fingerprint density at radius 1 is 1.30 bits per heavy atom. The number of pyridine rings is 1. The predicted octanol–water partition coefficient (Wildman–Crippen LogP) is 3.64. The lowest BCUT2D eigenvalue weighted by Gasteiger charge is -2.35. The van der Waals surface area contributed by atoms with E-state index in [4.69, 9.17) is 0 Å². The third-order valence-corrected chi connectivity index (χ3v) is 4.63. The van der Waals surface area contributed by atoms with Crippen molar-refractivity contribution in [1.29, 1.82) is 0 Å². The second-order valence-electron chi connectivity index (χ2n) is 6.38. The van der Waals surface area contributed by atoms with E-state index in [1.54, 1.807) is 0 Å². The molecule has 3 heteroatoms. The van der Waals surface area contributed by atoms with Crippen LogP contribution in [0.1, 0.15) is 45.2 Å². The molecular weight excluding hydrogens is 246 g/mol. The van der Waals surface area contributed by atoms with E-state index in [0.29, 0.717) is 6.04 Å². The van der Waals surface area contributed by atoms with E-state index in [0.717, 1.165) is 29.7 Å². The smallest absolute Gasteiger partial charge is 0.137 e. The minimum absolute atomic E-state index is 0.661. The third-order valence-electron chi connectivity index (χ3n) is 4.63. The van der Waals surface area contributed by atoms with Crippen LogP contribution >= 0.6 is 0 Å². The van der Waals surface area contributed by atoms with Gasteiger partial charge in [-0.25, -0.2) is 4.98 Å². The van der Waals surface area contributed by atoms with Gasteiger partial charge < -0.3 is 9.72 Å². The zero-order valence-electron chi connectivity index (χ0n) is 12.5. The van der Waals surface area contributed by atoms with Crippen LogP contribution in [0, 0.1) is 11.8 Å². The summed E-state index contributed by atoms with van der Waals surface area (Å²) < 4.78 is 2.10. The number of rotatable bonds is 4. The third kappa shape index (κ3) is 2.88. The molecule has 0 saturated heterocycles. The van der Waals surface area contributed by atoms with Crippen LogP contribution in [0.5, 0.6) is 0 Å². The van der Waals surface area contributed by atoms with Gasteiger partial charge in [0.05, 0.1) is 5.69 Å². The molecule has 2 aromatic rings. The van der Waals surface area contributed by atoms with Crippen LogP contribution < -0.4 is 5.32 Å². The predicted molar refractivity (Wildman–Crippen MR) is 82.6 cm³/mol. The number of imidazole rings is 1. The van der Waals surface area contributed by atoms with Crippen molar-refractivity contribution >= 4 is 5.65 Å². The van der Waals surface area contributed by atoms with Crippen LogP contribution in [0.3, 0.4) is 0 Å². The van der Waals surface area contributed by atoms with Gasteiger partial charge in [0, 0.05) is 25.0 Å². The van der Waals surface area contributed by atoms with Gasteiger partial charge in [0.2, 0.25) is 0 Å². The van der Waals surface area contributed by atoms with Gasteiger partial charge in [0.15, 0.2) is 0 Å². The highest BCUT2D eigenvalue weighted by Gasteiger charge is 2.27. The molecule has 1 saturated carbocycles. The molecule has 0 bridgehead atoms. The molecule has 1 aliphatic carbocycles. The van der Waals surface area contributed by atoms with Crippen molar-refractivity contribution in [1.82, 2.24) is 14.7 Å². The standard InChI is InChI=1S/C17H25N3/c1-13(2)15-7-3-4-8-16(15)18-11-14-12-20-10-6-5-9-17(20)19-14/h5-6,9-10,12-13,15-16,18H,3-4,7-8,11H2,1-2H3. The molecule has 2 unspecified atom stereocenters.